The van der Waals surface area contributed by atoms with Gasteiger partial charge in [-0.1, -0.05) is 23.2 Å². The van der Waals surface area contributed by atoms with Crippen molar-refractivity contribution in [3.8, 4) is 0 Å². The number of benzene rings is 1. The van der Waals surface area contributed by atoms with Crippen molar-refractivity contribution >= 4 is 33.2 Å². The van der Waals surface area contributed by atoms with Crippen LogP contribution in [-0.4, -0.2) is 31.9 Å². The topological polar surface area (TPSA) is 63.4 Å². The predicted molar refractivity (Wildman–Crippen MR) is 72.4 cm³/mol. The summed E-state index contributed by atoms with van der Waals surface area (Å²) in [6, 6.07) is 4.30. The van der Waals surface area contributed by atoms with E-state index in [4.69, 9.17) is 28.9 Å². The summed E-state index contributed by atoms with van der Waals surface area (Å²) in [6.45, 7) is 0.796. The lowest BCUT2D eigenvalue weighted by molar-refractivity contribution is 0.316. The Balaban J connectivity index is 2.38. The number of piperidine rings is 1. The van der Waals surface area contributed by atoms with E-state index in [1.807, 2.05) is 0 Å². The first-order valence-electron chi connectivity index (χ1n) is 5.62. The molecular formula is C11H14Cl2N2O2S. The summed E-state index contributed by atoms with van der Waals surface area (Å²) in [7, 11) is -3.61. The minimum atomic E-state index is -3.61. The second kappa shape index (κ2) is 5.35. The molecule has 1 fully saturated rings. The molecule has 0 bridgehead atoms. The van der Waals surface area contributed by atoms with E-state index in [0.29, 0.717) is 18.1 Å². The molecule has 1 unspecified atom stereocenters. The van der Waals surface area contributed by atoms with Crippen LogP contribution in [0.1, 0.15) is 12.8 Å². The Morgan fingerprint density at radius 1 is 1.33 bits per heavy atom. The minimum Gasteiger partial charge on any atom is -0.327 e. The van der Waals surface area contributed by atoms with Crippen LogP contribution in [0.15, 0.2) is 23.1 Å². The first-order chi connectivity index (χ1) is 8.41. The van der Waals surface area contributed by atoms with Crippen molar-refractivity contribution in [1.82, 2.24) is 4.31 Å². The quantitative estimate of drug-likeness (QED) is 0.910. The number of nitrogens with two attached hydrogens (primary N) is 1. The molecule has 1 saturated heterocycles. The molecule has 1 aliphatic heterocycles. The maximum absolute atomic E-state index is 12.4. The Morgan fingerprint density at radius 3 is 2.72 bits per heavy atom. The molecule has 2 rings (SSSR count). The average molecular weight is 309 g/mol. The highest BCUT2D eigenvalue weighted by Crippen LogP contribution is 2.28. The number of sulfonamides is 1. The first kappa shape index (κ1) is 14.1. The number of hydrogen-bond donors (Lipinski definition) is 1. The van der Waals surface area contributed by atoms with E-state index in [0.717, 1.165) is 12.8 Å². The van der Waals surface area contributed by atoms with Gasteiger partial charge < -0.3 is 5.73 Å². The molecule has 1 aromatic carbocycles. The van der Waals surface area contributed by atoms with E-state index >= 15 is 0 Å². The number of nitrogens with zero attached hydrogens (tertiary/aromatic N) is 1. The monoisotopic (exact) mass is 308 g/mol. The van der Waals surface area contributed by atoms with Crippen molar-refractivity contribution in [3.05, 3.63) is 28.2 Å². The molecule has 1 aliphatic rings. The van der Waals surface area contributed by atoms with Gasteiger partial charge in [-0.2, -0.15) is 4.31 Å². The second-order valence-electron chi connectivity index (χ2n) is 4.34. The summed E-state index contributed by atoms with van der Waals surface area (Å²) in [5.74, 6) is 0. The van der Waals surface area contributed by atoms with Crippen LogP contribution in [0.5, 0.6) is 0 Å². The van der Waals surface area contributed by atoms with Crippen LogP contribution in [0.25, 0.3) is 0 Å². The zero-order chi connectivity index (χ0) is 13.3. The molecule has 0 saturated carbocycles. The van der Waals surface area contributed by atoms with Gasteiger partial charge in [0.1, 0.15) is 4.90 Å². The van der Waals surface area contributed by atoms with Gasteiger partial charge in [-0.3, -0.25) is 0 Å². The highest BCUT2D eigenvalue weighted by molar-refractivity contribution is 7.89. The third kappa shape index (κ3) is 2.81. The molecule has 18 heavy (non-hydrogen) atoms. The van der Waals surface area contributed by atoms with Crippen LogP contribution in [-0.2, 0) is 10.0 Å². The van der Waals surface area contributed by atoms with Gasteiger partial charge in [0.2, 0.25) is 10.0 Å². The predicted octanol–water partition coefficient (Wildman–Crippen LogP) is 2.11. The van der Waals surface area contributed by atoms with Crippen molar-refractivity contribution in [3.63, 3.8) is 0 Å². The van der Waals surface area contributed by atoms with Crippen molar-refractivity contribution in [1.29, 1.82) is 0 Å². The maximum Gasteiger partial charge on any atom is 0.244 e. The van der Waals surface area contributed by atoms with Gasteiger partial charge >= 0.3 is 0 Å². The summed E-state index contributed by atoms with van der Waals surface area (Å²) in [6.07, 6.45) is 1.61. The van der Waals surface area contributed by atoms with Crippen molar-refractivity contribution < 1.29 is 8.42 Å². The van der Waals surface area contributed by atoms with E-state index < -0.39 is 10.0 Å². The first-order valence-corrected chi connectivity index (χ1v) is 7.81. The Kier molecular flexibility index (Phi) is 4.18. The fraction of sp³-hybridized carbons (Fsp3) is 0.455. The Bertz CT molecular complexity index is 548. The van der Waals surface area contributed by atoms with E-state index in [1.165, 1.54) is 16.4 Å². The third-order valence-electron chi connectivity index (χ3n) is 2.93. The third-order valence-corrected chi connectivity index (χ3v) is 5.51. The fourth-order valence-electron chi connectivity index (χ4n) is 2.01. The van der Waals surface area contributed by atoms with E-state index in [9.17, 15) is 8.42 Å². The highest BCUT2D eigenvalue weighted by atomic mass is 35.5. The minimum absolute atomic E-state index is 0.0470. The second-order valence-corrected chi connectivity index (χ2v) is 7.09. The fourth-order valence-corrected chi connectivity index (χ4v) is 4.28. The Labute approximate surface area is 117 Å². The smallest absolute Gasteiger partial charge is 0.244 e. The summed E-state index contributed by atoms with van der Waals surface area (Å²) < 4.78 is 26.2. The van der Waals surface area contributed by atoms with Gasteiger partial charge in [0, 0.05) is 24.2 Å². The molecular weight excluding hydrogens is 295 g/mol. The largest absolute Gasteiger partial charge is 0.327 e. The molecule has 1 heterocycles. The molecule has 0 aliphatic carbocycles. The lowest BCUT2D eigenvalue weighted by atomic mass is 10.1. The van der Waals surface area contributed by atoms with Gasteiger partial charge in [-0.25, -0.2) is 8.42 Å². The molecule has 0 radical (unpaired) electrons. The van der Waals surface area contributed by atoms with E-state index in [1.54, 1.807) is 6.07 Å². The number of rotatable bonds is 2. The number of hydrogen-bond acceptors (Lipinski definition) is 3. The van der Waals surface area contributed by atoms with Gasteiger partial charge in [-0.15, -0.1) is 0 Å². The zero-order valence-electron chi connectivity index (χ0n) is 9.64. The Hall–Kier alpha value is -0.330. The average Bonchev–Trinajstić information content (AvgIpc) is 2.32. The van der Waals surface area contributed by atoms with Gasteiger partial charge in [0.05, 0.1) is 5.02 Å². The van der Waals surface area contributed by atoms with Crippen molar-refractivity contribution in [2.24, 2.45) is 5.73 Å². The van der Waals surface area contributed by atoms with Crippen LogP contribution < -0.4 is 5.73 Å². The number of halogens is 2. The molecule has 0 amide bonds. The zero-order valence-corrected chi connectivity index (χ0v) is 12.0. The molecule has 2 N–H and O–H groups in total. The van der Waals surface area contributed by atoms with Crippen LogP contribution in [0.4, 0.5) is 0 Å². The van der Waals surface area contributed by atoms with Gasteiger partial charge in [0.15, 0.2) is 0 Å². The van der Waals surface area contributed by atoms with Crippen LogP contribution in [0.2, 0.25) is 10.0 Å². The summed E-state index contributed by atoms with van der Waals surface area (Å²) in [4.78, 5) is 0.0470. The van der Waals surface area contributed by atoms with Gasteiger partial charge in [-0.05, 0) is 31.0 Å². The molecule has 4 nitrogen and oxygen atoms in total. The van der Waals surface area contributed by atoms with Gasteiger partial charge in [0.25, 0.3) is 0 Å². The van der Waals surface area contributed by atoms with Crippen LogP contribution in [0, 0.1) is 0 Å². The molecule has 1 aromatic rings. The summed E-state index contributed by atoms with van der Waals surface area (Å²) in [5.41, 5.74) is 5.80. The lowest BCUT2D eigenvalue weighted by Gasteiger charge is -2.30. The molecule has 0 aromatic heterocycles. The van der Waals surface area contributed by atoms with Crippen LogP contribution in [0.3, 0.4) is 0 Å². The summed E-state index contributed by atoms with van der Waals surface area (Å²) >= 11 is 11.8. The molecule has 1 atom stereocenters. The normalized spacial score (nSPS) is 22.1. The van der Waals surface area contributed by atoms with E-state index in [2.05, 4.69) is 0 Å². The molecule has 7 heteroatoms. The van der Waals surface area contributed by atoms with Crippen molar-refractivity contribution in [2.75, 3.05) is 13.1 Å². The Morgan fingerprint density at radius 2 is 2.06 bits per heavy atom. The molecule has 100 valence electrons. The summed E-state index contributed by atoms with van der Waals surface area (Å²) in [5, 5.41) is 0.526. The highest BCUT2D eigenvalue weighted by Gasteiger charge is 2.30. The standard InChI is InChI=1S/C11H14Cl2N2O2S/c12-8-3-4-10(13)11(6-8)18(16,17)15-5-1-2-9(14)7-15/h3-4,6,9H,1-2,5,7,14H2. The van der Waals surface area contributed by atoms with Crippen LogP contribution >= 0.6 is 23.2 Å². The maximum atomic E-state index is 12.4. The molecule has 0 spiro atoms. The SMILES string of the molecule is NC1CCCN(S(=O)(=O)c2cc(Cl)ccc2Cl)C1. The van der Waals surface area contributed by atoms with Crippen molar-refractivity contribution in [2.45, 2.75) is 23.8 Å². The lowest BCUT2D eigenvalue weighted by Crippen LogP contribution is -2.45. The van der Waals surface area contributed by atoms with E-state index in [-0.39, 0.29) is 16.0 Å².